The molecular formula is C10H15N3O. The van der Waals surface area contributed by atoms with E-state index in [9.17, 15) is 4.79 Å². The summed E-state index contributed by atoms with van der Waals surface area (Å²) in [4.78, 5) is 11.7. The average Bonchev–Trinajstić information content (AvgIpc) is 2.46. The van der Waals surface area contributed by atoms with Crippen LogP contribution in [0.5, 0.6) is 0 Å². The van der Waals surface area contributed by atoms with Crippen LogP contribution >= 0.6 is 0 Å². The molecule has 0 fully saturated rings. The topological polar surface area (TPSA) is 60.9 Å². The summed E-state index contributed by atoms with van der Waals surface area (Å²) in [6.45, 7) is 0.552. The Labute approximate surface area is 83.1 Å². The van der Waals surface area contributed by atoms with Crippen molar-refractivity contribution in [1.82, 2.24) is 9.78 Å². The quantitative estimate of drug-likeness (QED) is 0.741. The van der Waals surface area contributed by atoms with Crippen LogP contribution < -0.4 is 5.73 Å². The zero-order valence-corrected chi connectivity index (χ0v) is 8.42. The molecule has 0 spiro atoms. The number of hydrogen-bond donors (Lipinski definition) is 1. The van der Waals surface area contributed by atoms with Crippen LogP contribution in [0.15, 0.2) is 0 Å². The van der Waals surface area contributed by atoms with Gasteiger partial charge in [0.2, 0.25) is 0 Å². The lowest BCUT2D eigenvalue weighted by Crippen LogP contribution is -2.14. The van der Waals surface area contributed by atoms with E-state index >= 15 is 0 Å². The second-order valence-electron chi connectivity index (χ2n) is 3.71. The summed E-state index contributed by atoms with van der Waals surface area (Å²) in [6.07, 6.45) is 3.29. The van der Waals surface area contributed by atoms with Crippen molar-refractivity contribution in [1.29, 1.82) is 0 Å². The van der Waals surface area contributed by atoms with Crippen LogP contribution in [-0.2, 0) is 19.9 Å². The van der Waals surface area contributed by atoms with Gasteiger partial charge in [0, 0.05) is 25.6 Å². The molecule has 0 saturated heterocycles. The normalized spacial score (nSPS) is 15.7. The lowest BCUT2D eigenvalue weighted by molar-refractivity contribution is 0.0971. The van der Waals surface area contributed by atoms with Crippen molar-refractivity contribution in [2.75, 3.05) is 6.54 Å². The lowest BCUT2D eigenvalue weighted by atomic mass is 9.93. The fourth-order valence-corrected chi connectivity index (χ4v) is 2.08. The predicted octanol–water partition coefficient (Wildman–Crippen LogP) is 0.440. The van der Waals surface area contributed by atoms with E-state index < -0.39 is 0 Å². The Morgan fingerprint density at radius 2 is 2.29 bits per heavy atom. The number of rotatable bonds is 2. The molecule has 1 aromatic heterocycles. The van der Waals surface area contributed by atoms with E-state index in [0.717, 1.165) is 29.8 Å². The van der Waals surface area contributed by atoms with Gasteiger partial charge in [0.25, 0.3) is 0 Å². The fraction of sp³-hybridized carbons (Fsp3) is 0.600. The lowest BCUT2D eigenvalue weighted by Gasteiger charge is -2.11. The molecular weight excluding hydrogens is 178 g/mol. The van der Waals surface area contributed by atoms with Crippen molar-refractivity contribution < 1.29 is 4.79 Å². The molecule has 0 bridgehead atoms. The standard InChI is InChI=1S/C10H15N3O/c1-13-8-3-2-4-9(14)10(8)7(12-13)5-6-11/h2-6,11H2,1H3. The van der Waals surface area contributed by atoms with Crippen molar-refractivity contribution in [3.8, 4) is 0 Å². The summed E-state index contributed by atoms with van der Waals surface area (Å²) in [7, 11) is 1.90. The molecule has 4 nitrogen and oxygen atoms in total. The van der Waals surface area contributed by atoms with Gasteiger partial charge >= 0.3 is 0 Å². The molecule has 2 N–H and O–H groups in total. The Morgan fingerprint density at radius 3 is 3.00 bits per heavy atom. The van der Waals surface area contributed by atoms with E-state index in [2.05, 4.69) is 5.10 Å². The first-order chi connectivity index (χ1) is 6.74. The van der Waals surface area contributed by atoms with Gasteiger partial charge in [-0.2, -0.15) is 5.10 Å². The van der Waals surface area contributed by atoms with Gasteiger partial charge in [-0.05, 0) is 19.4 Å². The van der Waals surface area contributed by atoms with E-state index in [4.69, 9.17) is 5.73 Å². The Kier molecular flexibility index (Phi) is 2.37. The molecule has 1 aromatic rings. The van der Waals surface area contributed by atoms with E-state index in [-0.39, 0.29) is 5.78 Å². The number of nitrogens with zero attached hydrogens (tertiary/aromatic N) is 2. The average molecular weight is 193 g/mol. The third-order valence-corrected chi connectivity index (χ3v) is 2.72. The zero-order chi connectivity index (χ0) is 10.1. The maximum Gasteiger partial charge on any atom is 0.166 e. The summed E-state index contributed by atoms with van der Waals surface area (Å²) in [5.41, 5.74) is 8.31. The van der Waals surface area contributed by atoms with Crippen molar-refractivity contribution in [3.05, 3.63) is 17.0 Å². The second kappa shape index (κ2) is 3.53. The minimum absolute atomic E-state index is 0.239. The van der Waals surface area contributed by atoms with Gasteiger partial charge in [0.1, 0.15) is 0 Å². The summed E-state index contributed by atoms with van der Waals surface area (Å²) in [5.74, 6) is 0.239. The zero-order valence-electron chi connectivity index (χ0n) is 8.42. The third kappa shape index (κ3) is 1.35. The summed E-state index contributed by atoms with van der Waals surface area (Å²) < 4.78 is 1.83. The summed E-state index contributed by atoms with van der Waals surface area (Å²) in [6, 6.07) is 0. The molecule has 76 valence electrons. The molecule has 1 heterocycles. The maximum atomic E-state index is 11.7. The first kappa shape index (κ1) is 9.40. The van der Waals surface area contributed by atoms with E-state index in [0.29, 0.717) is 19.4 Å². The number of nitrogens with two attached hydrogens (primary N) is 1. The Bertz CT molecular complexity index is 368. The molecule has 4 heteroatoms. The van der Waals surface area contributed by atoms with Gasteiger partial charge in [-0.15, -0.1) is 0 Å². The Hall–Kier alpha value is -1.16. The highest BCUT2D eigenvalue weighted by Crippen LogP contribution is 2.23. The third-order valence-electron chi connectivity index (χ3n) is 2.72. The van der Waals surface area contributed by atoms with Crippen LogP contribution in [0.25, 0.3) is 0 Å². The van der Waals surface area contributed by atoms with E-state index in [1.807, 2.05) is 11.7 Å². The highest BCUT2D eigenvalue weighted by molar-refractivity contribution is 5.99. The molecule has 0 radical (unpaired) electrons. The number of ketones is 1. The van der Waals surface area contributed by atoms with Crippen LogP contribution in [0, 0.1) is 0 Å². The molecule has 0 aliphatic heterocycles. The number of fused-ring (bicyclic) bond motifs is 1. The smallest absolute Gasteiger partial charge is 0.166 e. The molecule has 1 aliphatic carbocycles. The highest BCUT2D eigenvalue weighted by atomic mass is 16.1. The molecule has 0 unspecified atom stereocenters. The molecule has 0 atom stereocenters. The number of carbonyl (C=O) groups excluding carboxylic acids is 1. The van der Waals surface area contributed by atoms with Crippen LogP contribution in [-0.4, -0.2) is 22.1 Å². The minimum atomic E-state index is 0.239. The van der Waals surface area contributed by atoms with Gasteiger partial charge in [0.15, 0.2) is 5.78 Å². The van der Waals surface area contributed by atoms with Gasteiger partial charge in [0.05, 0.1) is 11.3 Å². The van der Waals surface area contributed by atoms with Gasteiger partial charge in [-0.25, -0.2) is 0 Å². The highest BCUT2D eigenvalue weighted by Gasteiger charge is 2.24. The molecule has 14 heavy (non-hydrogen) atoms. The maximum absolute atomic E-state index is 11.7. The van der Waals surface area contributed by atoms with Crippen molar-refractivity contribution in [2.45, 2.75) is 25.7 Å². The molecule has 0 amide bonds. The van der Waals surface area contributed by atoms with Crippen LogP contribution in [0.3, 0.4) is 0 Å². The van der Waals surface area contributed by atoms with Gasteiger partial charge in [-0.3, -0.25) is 9.48 Å². The molecule has 2 rings (SSSR count). The molecule has 0 aromatic carbocycles. The van der Waals surface area contributed by atoms with Crippen LogP contribution in [0.1, 0.15) is 34.6 Å². The first-order valence-electron chi connectivity index (χ1n) is 5.02. The van der Waals surface area contributed by atoms with E-state index in [1.54, 1.807) is 0 Å². The minimum Gasteiger partial charge on any atom is -0.330 e. The SMILES string of the molecule is Cn1nc(CCN)c2c1CCCC2=O. The van der Waals surface area contributed by atoms with Gasteiger partial charge < -0.3 is 5.73 Å². The largest absolute Gasteiger partial charge is 0.330 e. The second-order valence-corrected chi connectivity index (χ2v) is 3.71. The summed E-state index contributed by atoms with van der Waals surface area (Å²) in [5, 5.41) is 4.35. The predicted molar refractivity (Wildman–Crippen MR) is 53.2 cm³/mol. The van der Waals surface area contributed by atoms with Crippen LogP contribution in [0.4, 0.5) is 0 Å². The fourth-order valence-electron chi connectivity index (χ4n) is 2.08. The van der Waals surface area contributed by atoms with Crippen LogP contribution in [0.2, 0.25) is 0 Å². The monoisotopic (exact) mass is 193 g/mol. The first-order valence-corrected chi connectivity index (χ1v) is 5.02. The van der Waals surface area contributed by atoms with Crippen molar-refractivity contribution in [3.63, 3.8) is 0 Å². The molecule has 0 saturated carbocycles. The Morgan fingerprint density at radius 1 is 1.50 bits per heavy atom. The number of aromatic nitrogens is 2. The number of Topliss-reactive ketones (excluding diaryl/α,β-unsaturated/α-hetero) is 1. The molecule has 1 aliphatic rings. The summed E-state index contributed by atoms with van der Waals surface area (Å²) >= 11 is 0. The number of carbonyl (C=O) groups is 1. The number of hydrogen-bond acceptors (Lipinski definition) is 3. The Balaban J connectivity index is 2.47. The van der Waals surface area contributed by atoms with Crippen molar-refractivity contribution >= 4 is 5.78 Å². The van der Waals surface area contributed by atoms with E-state index in [1.165, 1.54) is 0 Å². The van der Waals surface area contributed by atoms with Crippen molar-refractivity contribution in [2.24, 2.45) is 12.8 Å². The number of aryl methyl sites for hydroxylation is 1. The van der Waals surface area contributed by atoms with Gasteiger partial charge in [-0.1, -0.05) is 0 Å².